The van der Waals surface area contributed by atoms with Crippen LogP contribution in [0.2, 0.25) is 0 Å². The van der Waals surface area contributed by atoms with Gasteiger partial charge in [-0.25, -0.2) is 0 Å². The molecule has 1 unspecified atom stereocenters. The third kappa shape index (κ3) is 2.70. The fourth-order valence-corrected chi connectivity index (χ4v) is 3.20. The van der Waals surface area contributed by atoms with E-state index in [4.69, 9.17) is 0 Å². The van der Waals surface area contributed by atoms with Crippen molar-refractivity contribution in [3.8, 4) is 5.69 Å². The van der Waals surface area contributed by atoms with Crippen molar-refractivity contribution in [2.45, 2.75) is 24.6 Å². The summed E-state index contributed by atoms with van der Waals surface area (Å²) in [6.07, 6.45) is 2.35. The first-order valence-corrected chi connectivity index (χ1v) is 7.90. The molecule has 1 aromatic heterocycles. The van der Waals surface area contributed by atoms with Crippen molar-refractivity contribution in [2.24, 2.45) is 5.92 Å². The Bertz CT molecular complexity index is 546. The molecule has 1 atom stereocenters. The summed E-state index contributed by atoms with van der Waals surface area (Å²) in [6, 6.07) is 10.0. The zero-order valence-electron chi connectivity index (χ0n) is 11.5. The topological polar surface area (TPSA) is 46.8 Å². The molecule has 3 rings (SSSR count). The summed E-state index contributed by atoms with van der Waals surface area (Å²) < 4.78 is 1.82. The molecule has 1 aliphatic heterocycles. The van der Waals surface area contributed by atoms with E-state index in [1.54, 1.807) is 0 Å². The van der Waals surface area contributed by atoms with Gasteiger partial charge in [-0.3, -0.25) is 0 Å². The van der Waals surface area contributed by atoms with E-state index in [9.17, 15) is 0 Å². The van der Waals surface area contributed by atoms with Crippen LogP contribution in [0.15, 0.2) is 30.3 Å². The summed E-state index contributed by atoms with van der Waals surface area (Å²) in [5.74, 6) is 1.59. The number of hydrogen-bond acceptors (Lipinski definition) is 4. The van der Waals surface area contributed by atoms with E-state index in [0.29, 0.717) is 4.83 Å². The highest BCUT2D eigenvalue weighted by molar-refractivity contribution is 9.09. The third-order valence-electron chi connectivity index (χ3n) is 3.93. The van der Waals surface area contributed by atoms with Crippen molar-refractivity contribution in [3.05, 3.63) is 30.3 Å². The number of aromatic nitrogens is 4. The number of anilines is 1. The zero-order chi connectivity index (χ0) is 13.9. The molecule has 1 saturated heterocycles. The third-order valence-corrected chi connectivity index (χ3v) is 4.67. The molecule has 6 heteroatoms. The van der Waals surface area contributed by atoms with Gasteiger partial charge in [0.15, 0.2) is 0 Å². The summed E-state index contributed by atoms with van der Waals surface area (Å²) in [4.78, 5) is 2.86. The predicted octanol–water partition coefficient (Wildman–Crippen LogP) is 2.66. The van der Waals surface area contributed by atoms with Crippen LogP contribution in [-0.2, 0) is 0 Å². The lowest BCUT2D eigenvalue weighted by Gasteiger charge is -2.33. The molecule has 1 aliphatic rings. The minimum atomic E-state index is 0.578. The van der Waals surface area contributed by atoms with Crippen LogP contribution in [0.5, 0.6) is 0 Å². The Morgan fingerprint density at radius 1 is 1.20 bits per heavy atom. The average Bonchev–Trinajstić information content (AvgIpc) is 2.97. The maximum atomic E-state index is 4.20. The molecule has 106 valence electrons. The molecular weight excluding hydrogens is 318 g/mol. The normalized spacial score (nSPS) is 18.2. The molecule has 5 nitrogen and oxygen atoms in total. The van der Waals surface area contributed by atoms with Crippen molar-refractivity contribution in [1.82, 2.24) is 20.2 Å². The van der Waals surface area contributed by atoms with Gasteiger partial charge in [0.2, 0.25) is 5.95 Å². The standard InChI is InChI=1S/C14H18BrN5/c1-11(15)12-7-9-19(10-8-12)14-16-17-18-20(14)13-5-3-2-4-6-13/h2-6,11-12H,7-10H2,1H3. The van der Waals surface area contributed by atoms with E-state index in [0.717, 1.165) is 30.6 Å². The number of alkyl halides is 1. The van der Waals surface area contributed by atoms with Crippen LogP contribution in [0.4, 0.5) is 5.95 Å². The van der Waals surface area contributed by atoms with Gasteiger partial charge in [0.25, 0.3) is 0 Å². The van der Waals surface area contributed by atoms with Gasteiger partial charge < -0.3 is 4.90 Å². The van der Waals surface area contributed by atoms with Crippen LogP contribution in [0, 0.1) is 5.92 Å². The number of benzene rings is 1. The van der Waals surface area contributed by atoms with Crippen LogP contribution < -0.4 is 4.90 Å². The SMILES string of the molecule is CC(Br)C1CCN(c2nnnn2-c2ccccc2)CC1. The number of piperidine rings is 1. The van der Waals surface area contributed by atoms with Gasteiger partial charge >= 0.3 is 0 Å². The van der Waals surface area contributed by atoms with E-state index in [1.165, 1.54) is 12.8 Å². The molecule has 0 saturated carbocycles. The molecule has 2 aromatic rings. The fraction of sp³-hybridized carbons (Fsp3) is 0.500. The van der Waals surface area contributed by atoms with Gasteiger partial charge in [0.1, 0.15) is 0 Å². The van der Waals surface area contributed by atoms with Crippen LogP contribution in [0.1, 0.15) is 19.8 Å². The first-order chi connectivity index (χ1) is 9.75. The smallest absolute Gasteiger partial charge is 0.250 e. The number of para-hydroxylation sites is 1. The maximum Gasteiger partial charge on any atom is 0.250 e. The van der Waals surface area contributed by atoms with E-state index in [1.807, 2.05) is 35.0 Å². The lowest BCUT2D eigenvalue weighted by atomic mass is 9.94. The van der Waals surface area contributed by atoms with E-state index in [-0.39, 0.29) is 0 Å². The molecule has 0 bridgehead atoms. The first-order valence-electron chi connectivity index (χ1n) is 6.98. The highest BCUT2D eigenvalue weighted by atomic mass is 79.9. The minimum absolute atomic E-state index is 0.578. The quantitative estimate of drug-likeness (QED) is 0.809. The monoisotopic (exact) mass is 335 g/mol. The van der Waals surface area contributed by atoms with Crippen LogP contribution in [0.25, 0.3) is 5.69 Å². The number of rotatable bonds is 3. The van der Waals surface area contributed by atoms with Gasteiger partial charge in [-0.1, -0.05) is 46.2 Å². The first kappa shape index (κ1) is 13.5. The Labute approximate surface area is 127 Å². The molecule has 2 heterocycles. The Morgan fingerprint density at radius 2 is 1.90 bits per heavy atom. The molecule has 0 amide bonds. The Hall–Kier alpha value is -1.43. The maximum absolute atomic E-state index is 4.20. The van der Waals surface area contributed by atoms with Crippen molar-refractivity contribution in [1.29, 1.82) is 0 Å². The lowest BCUT2D eigenvalue weighted by molar-refractivity contribution is 0.402. The van der Waals surface area contributed by atoms with Crippen molar-refractivity contribution < 1.29 is 0 Å². The highest BCUT2D eigenvalue weighted by Gasteiger charge is 2.25. The Balaban J connectivity index is 1.78. The summed E-state index contributed by atoms with van der Waals surface area (Å²) >= 11 is 3.69. The molecule has 0 spiro atoms. The molecule has 0 radical (unpaired) electrons. The molecule has 0 N–H and O–H groups in total. The van der Waals surface area contributed by atoms with Crippen molar-refractivity contribution in [2.75, 3.05) is 18.0 Å². The van der Waals surface area contributed by atoms with Gasteiger partial charge in [0, 0.05) is 17.9 Å². The van der Waals surface area contributed by atoms with Crippen LogP contribution in [-0.4, -0.2) is 38.1 Å². The van der Waals surface area contributed by atoms with Gasteiger partial charge in [-0.15, -0.1) is 0 Å². The summed E-state index contributed by atoms with van der Waals surface area (Å²) in [7, 11) is 0. The number of hydrogen-bond donors (Lipinski definition) is 0. The van der Waals surface area contributed by atoms with Crippen LogP contribution in [0.3, 0.4) is 0 Å². The minimum Gasteiger partial charge on any atom is -0.339 e. The summed E-state index contributed by atoms with van der Waals surface area (Å²) in [6.45, 7) is 4.25. The fourth-order valence-electron chi connectivity index (χ4n) is 2.67. The molecule has 0 aliphatic carbocycles. The summed E-state index contributed by atoms with van der Waals surface area (Å²) in [5.41, 5.74) is 1.00. The summed E-state index contributed by atoms with van der Waals surface area (Å²) in [5, 5.41) is 12.2. The van der Waals surface area contributed by atoms with Crippen LogP contribution >= 0.6 is 15.9 Å². The molecule has 1 aromatic carbocycles. The average molecular weight is 336 g/mol. The number of tetrazole rings is 1. The van der Waals surface area contributed by atoms with E-state index < -0.39 is 0 Å². The predicted molar refractivity (Wildman–Crippen MR) is 82.5 cm³/mol. The van der Waals surface area contributed by atoms with Crippen molar-refractivity contribution in [3.63, 3.8) is 0 Å². The zero-order valence-corrected chi connectivity index (χ0v) is 13.1. The van der Waals surface area contributed by atoms with Gasteiger partial charge in [-0.2, -0.15) is 4.68 Å². The Morgan fingerprint density at radius 3 is 2.55 bits per heavy atom. The van der Waals surface area contributed by atoms with E-state index in [2.05, 4.69) is 43.3 Å². The number of nitrogens with zero attached hydrogens (tertiary/aromatic N) is 5. The van der Waals surface area contributed by atoms with E-state index >= 15 is 0 Å². The van der Waals surface area contributed by atoms with Crippen molar-refractivity contribution >= 4 is 21.9 Å². The Kier molecular flexibility index (Phi) is 4.00. The van der Waals surface area contributed by atoms with Gasteiger partial charge in [-0.05, 0) is 41.3 Å². The lowest BCUT2D eigenvalue weighted by Crippen LogP contribution is -2.37. The number of halogens is 1. The second kappa shape index (κ2) is 5.91. The second-order valence-electron chi connectivity index (χ2n) is 5.23. The second-order valence-corrected chi connectivity index (χ2v) is 6.67. The molecule has 20 heavy (non-hydrogen) atoms. The van der Waals surface area contributed by atoms with Gasteiger partial charge in [0.05, 0.1) is 5.69 Å². The molecule has 1 fully saturated rings. The molecular formula is C14H18BrN5. The highest BCUT2D eigenvalue weighted by Crippen LogP contribution is 2.27. The largest absolute Gasteiger partial charge is 0.339 e.